The van der Waals surface area contributed by atoms with E-state index in [9.17, 15) is 30.0 Å². The summed E-state index contributed by atoms with van der Waals surface area (Å²) in [6.07, 6.45) is 10.8. The molecule has 1 aliphatic rings. The molecule has 1 aliphatic heterocycles. The summed E-state index contributed by atoms with van der Waals surface area (Å²) >= 11 is 0. The van der Waals surface area contributed by atoms with E-state index >= 15 is 0 Å². The number of carbonyl (C=O) groups is 2. The summed E-state index contributed by atoms with van der Waals surface area (Å²) in [4.78, 5) is 24.2. The number of nitrogens with one attached hydrogen (secondary N) is 2. The highest BCUT2D eigenvalue weighted by molar-refractivity contribution is 5.73. The van der Waals surface area contributed by atoms with Crippen molar-refractivity contribution in [1.29, 1.82) is 0 Å². The molecule has 1 heterocycles. The molecule has 2 amide bonds. The number of carbonyl (C=O) groups excluding carboxylic acids is 2. The van der Waals surface area contributed by atoms with Crippen LogP contribution in [0, 0.1) is 0 Å². The first kappa shape index (κ1) is 38.3. The first-order valence-electron chi connectivity index (χ1n) is 15.7. The Balaban J connectivity index is 2.66. The molecule has 42 heavy (non-hydrogen) atoms. The number of allylic oxidation sites excluding steroid dienone is 1. The van der Waals surface area contributed by atoms with Gasteiger partial charge in [0, 0.05) is 6.92 Å². The van der Waals surface area contributed by atoms with Gasteiger partial charge < -0.3 is 45.3 Å². The van der Waals surface area contributed by atoms with Gasteiger partial charge in [-0.1, -0.05) is 83.3 Å². The third-order valence-corrected chi connectivity index (χ3v) is 7.11. The van der Waals surface area contributed by atoms with Crippen molar-refractivity contribution in [2.45, 2.75) is 160 Å². The van der Waals surface area contributed by atoms with Crippen molar-refractivity contribution in [2.75, 3.05) is 13.2 Å². The lowest BCUT2D eigenvalue weighted by atomic mass is 9.97. The average molecular weight is 603 g/mol. The molecule has 1 saturated heterocycles. The molecule has 0 aromatic rings. The minimum Gasteiger partial charge on any atom is -0.444 e. The van der Waals surface area contributed by atoms with Crippen molar-refractivity contribution < 1.29 is 44.2 Å². The van der Waals surface area contributed by atoms with Crippen molar-refractivity contribution in [3.8, 4) is 0 Å². The van der Waals surface area contributed by atoms with Crippen molar-refractivity contribution in [3.05, 3.63) is 12.2 Å². The molecule has 0 radical (unpaired) electrons. The first-order valence-corrected chi connectivity index (χ1v) is 15.7. The largest absolute Gasteiger partial charge is 0.444 e. The van der Waals surface area contributed by atoms with E-state index in [0.29, 0.717) is 0 Å². The molecule has 0 aliphatic carbocycles. The molecule has 1 fully saturated rings. The van der Waals surface area contributed by atoms with Crippen LogP contribution in [-0.4, -0.2) is 94.0 Å². The van der Waals surface area contributed by atoms with Crippen LogP contribution in [0.3, 0.4) is 0 Å². The molecule has 246 valence electrons. The predicted octanol–water partition coefficient (Wildman–Crippen LogP) is 3.46. The lowest BCUT2D eigenvalue weighted by Gasteiger charge is -2.42. The maximum absolute atomic E-state index is 12.5. The summed E-state index contributed by atoms with van der Waals surface area (Å²) in [7, 11) is 0. The molecular weight excluding hydrogens is 544 g/mol. The highest BCUT2D eigenvalue weighted by Gasteiger charge is 2.45. The minimum absolute atomic E-state index is 0.273. The van der Waals surface area contributed by atoms with E-state index in [1.165, 1.54) is 64.7 Å². The molecule has 11 heteroatoms. The number of amides is 2. The van der Waals surface area contributed by atoms with E-state index in [2.05, 4.69) is 17.6 Å². The number of aliphatic hydroxyl groups is 4. The zero-order chi connectivity index (χ0) is 31.5. The normalized spacial score (nSPS) is 24.4. The molecule has 11 nitrogen and oxygen atoms in total. The molecule has 1 rings (SSSR count). The number of unbranched alkanes of at least 4 members (excludes halogenated alkanes) is 11. The Labute approximate surface area is 252 Å². The number of ether oxygens (including phenoxy) is 3. The van der Waals surface area contributed by atoms with Crippen LogP contribution < -0.4 is 10.6 Å². The maximum Gasteiger partial charge on any atom is 0.408 e. The van der Waals surface area contributed by atoms with Gasteiger partial charge in [0.15, 0.2) is 6.29 Å². The molecule has 0 spiro atoms. The lowest BCUT2D eigenvalue weighted by Crippen LogP contribution is -2.65. The third-order valence-electron chi connectivity index (χ3n) is 7.11. The molecule has 0 aromatic carbocycles. The zero-order valence-corrected chi connectivity index (χ0v) is 26.4. The van der Waals surface area contributed by atoms with Crippen LogP contribution in [-0.2, 0) is 19.0 Å². The Bertz CT molecular complexity index is 774. The summed E-state index contributed by atoms with van der Waals surface area (Å²) in [6, 6.07) is -2.09. The van der Waals surface area contributed by atoms with Crippen LogP contribution in [0.4, 0.5) is 4.79 Å². The molecule has 7 atom stereocenters. The van der Waals surface area contributed by atoms with E-state index in [0.717, 1.165) is 19.3 Å². The monoisotopic (exact) mass is 602 g/mol. The summed E-state index contributed by atoms with van der Waals surface area (Å²) in [5.41, 5.74) is -0.761. The summed E-state index contributed by atoms with van der Waals surface area (Å²) in [6.45, 7) is 7.77. The fourth-order valence-corrected chi connectivity index (χ4v) is 4.79. The highest BCUT2D eigenvalue weighted by Crippen LogP contribution is 2.23. The Kier molecular flexibility index (Phi) is 19.2. The SMILES string of the molecule is CCCCCCCCCCCCC/C=C/[C@@H](O)[C@H](CO[C@H]1O[C@H](CO)[C@H](O)[C@H](O)[C@H]1NC(C)=O)NC(=O)OC(C)(C)C. The van der Waals surface area contributed by atoms with Crippen molar-refractivity contribution in [3.63, 3.8) is 0 Å². The second-order valence-corrected chi connectivity index (χ2v) is 12.3. The Morgan fingerprint density at radius 2 is 1.52 bits per heavy atom. The van der Waals surface area contributed by atoms with Gasteiger partial charge in [-0.2, -0.15) is 0 Å². The first-order chi connectivity index (χ1) is 19.9. The smallest absolute Gasteiger partial charge is 0.408 e. The van der Waals surface area contributed by atoms with Gasteiger partial charge in [0.05, 0.1) is 25.4 Å². The van der Waals surface area contributed by atoms with Gasteiger partial charge in [-0.25, -0.2) is 4.79 Å². The van der Waals surface area contributed by atoms with E-state index in [4.69, 9.17) is 14.2 Å². The van der Waals surface area contributed by atoms with Crippen LogP contribution >= 0.6 is 0 Å². The van der Waals surface area contributed by atoms with Crippen LogP contribution in [0.15, 0.2) is 12.2 Å². The molecule has 0 unspecified atom stereocenters. The number of aliphatic hydroxyl groups excluding tert-OH is 4. The average Bonchev–Trinajstić information content (AvgIpc) is 2.91. The number of hydrogen-bond acceptors (Lipinski definition) is 9. The fraction of sp³-hybridized carbons (Fsp3) is 0.871. The van der Waals surface area contributed by atoms with Crippen LogP contribution in [0.1, 0.15) is 112 Å². The maximum atomic E-state index is 12.5. The molecule has 6 N–H and O–H groups in total. The van der Waals surface area contributed by atoms with Crippen LogP contribution in [0.2, 0.25) is 0 Å². The second-order valence-electron chi connectivity index (χ2n) is 12.3. The Hall–Kier alpha value is -1.76. The third kappa shape index (κ3) is 16.2. The van der Waals surface area contributed by atoms with Crippen LogP contribution in [0.25, 0.3) is 0 Å². The summed E-state index contributed by atoms with van der Waals surface area (Å²) < 4.78 is 16.7. The van der Waals surface area contributed by atoms with E-state index in [-0.39, 0.29) is 6.61 Å². The van der Waals surface area contributed by atoms with Gasteiger partial charge in [-0.15, -0.1) is 0 Å². The van der Waals surface area contributed by atoms with E-state index in [1.54, 1.807) is 26.8 Å². The molecular formula is C31H58N2O9. The van der Waals surface area contributed by atoms with E-state index in [1.807, 2.05) is 6.08 Å². The molecule has 0 bridgehead atoms. The summed E-state index contributed by atoms with van der Waals surface area (Å²) in [5, 5.41) is 46.3. The number of hydrogen-bond donors (Lipinski definition) is 6. The Morgan fingerprint density at radius 1 is 0.952 bits per heavy atom. The zero-order valence-electron chi connectivity index (χ0n) is 26.4. The van der Waals surface area contributed by atoms with E-state index < -0.39 is 67.0 Å². The molecule has 0 saturated carbocycles. The topological polar surface area (TPSA) is 167 Å². The van der Waals surface area contributed by atoms with Gasteiger partial charge in [-0.05, 0) is 33.6 Å². The predicted molar refractivity (Wildman–Crippen MR) is 161 cm³/mol. The van der Waals surface area contributed by atoms with Gasteiger partial charge in [0.2, 0.25) is 5.91 Å². The van der Waals surface area contributed by atoms with Crippen molar-refractivity contribution in [1.82, 2.24) is 10.6 Å². The second kappa shape index (κ2) is 21.0. The Morgan fingerprint density at radius 3 is 2.05 bits per heavy atom. The quantitative estimate of drug-likeness (QED) is 0.0903. The fourth-order valence-electron chi connectivity index (χ4n) is 4.79. The summed E-state index contributed by atoms with van der Waals surface area (Å²) in [5.74, 6) is -0.486. The van der Waals surface area contributed by atoms with Gasteiger partial charge in [-0.3, -0.25) is 4.79 Å². The van der Waals surface area contributed by atoms with Gasteiger partial charge in [0.1, 0.15) is 30.0 Å². The van der Waals surface area contributed by atoms with Gasteiger partial charge >= 0.3 is 6.09 Å². The lowest BCUT2D eigenvalue weighted by molar-refractivity contribution is -0.272. The minimum atomic E-state index is -1.47. The van der Waals surface area contributed by atoms with Crippen molar-refractivity contribution in [2.24, 2.45) is 0 Å². The standard InChI is InChI=1S/C31H58N2O9/c1-6-7-8-9-10-11-12-13-14-15-16-17-18-19-24(36)23(33-30(39)42-31(3,4)5)21-40-29-26(32-22(2)35)28(38)27(37)25(20-34)41-29/h18-19,23-29,34,36-38H,6-17,20-21H2,1-5H3,(H,32,35)(H,33,39)/b19-18+/t23-,24+,25+,26+,27-,28+,29-/m0/s1. The molecule has 0 aromatic heterocycles. The van der Waals surface area contributed by atoms with Crippen molar-refractivity contribution >= 4 is 12.0 Å². The number of rotatable bonds is 20. The number of alkyl carbamates (subject to hydrolysis) is 1. The van der Waals surface area contributed by atoms with Gasteiger partial charge in [0.25, 0.3) is 0 Å². The van der Waals surface area contributed by atoms with Crippen LogP contribution in [0.5, 0.6) is 0 Å². The highest BCUT2D eigenvalue weighted by atomic mass is 16.7.